The summed E-state index contributed by atoms with van der Waals surface area (Å²) in [5, 5.41) is 15.4. The van der Waals surface area contributed by atoms with Gasteiger partial charge in [0.1, 0.15) is 11.9 Å². The predicted octanol–water partition coefficient (Wildman–Crippen LogP) is 2.28. The van der Waals surface area contributed by atoms with Crippen LogP contribution in [0.5, 0.6) is 0 Å². The van der Waals surface area contributed by atoms with Crippen LogP contribution in [0.2, 0.25) is 0 Å². The Morgan fingerprint density at radius 3 is 2.80 bits per heavy atom. The average molecular weight is 345 g/mol. The lowest BCUT2D eigenvalue weighted by Gasteiger charge is -2.29. The van der Waals surface area contributed by atoms with Crippen molar-refractivity contribution in [2.24, 2.45) is 0 Å². The van der Waals surface area contributed by atoms with E-state index in [4.69, 9.17) is 9.15 Å². The number of hydrogen-bond donors (Lipinski definition) is 3. The van der Waals surface area contributed by atoms with Crippen molar-refractivity contribution >= 4 is 17.4 Å². The Balaban J connectivity index is 1.54. The van der Waals surface area contributed by atoms with Gasteiger partial charge in [0, 0.05) is 24.5 Å². The number of aryl methyl sites for hydroxylation is 1. The van der Waals surface area contributed by atoms with Crippen molar-refractivity contribution in [2.75, 3.05) is 43.1 Å². The van der Waals surface area contributed by atoms with Crippen molar-refractivity contribution in [3.8, 4) is 0 Å². The molecule has 0 radical (unpaired) electrons. The van der Waals surface area contributed by atoms with Gasteiger partial charge in [-0.1, -0.05) is 0 Å². The Morgan fingerprint density at radius 1 is 1.32 bits per heavy atom. The highest BCUT2D eigenvalue weighted by Crippen LogP contribution is 2.23. The van der Waals surface area contributed by atoms with Crippen LogP contribution >= 0.6 is 0 Å². The molecular formula is C18H23N3O4. The number of rotatable bonds is 5. The number of furan rings is 1. The molecule has 1 aromatic carbocycles. The first kappa shape index (κ1) is 17.3. The largest absolute Gasteiger partial charge is 0.467 e. The molecule has 25 heavy (non-hydrogen) atoms. The minimum absolute atomic E-state index is 0.0737. The van der Waals surface area contributed by atoms with Crippen molar-refractivity contribution in [3.63, 3.8) is 0 Å². The Hall–Kier alpha value is -2.51. The number of nitrogens with one attached hydrogen (secondary N) is 2. The number of aliphatic hydroxyl groups is 1. The lowest BCUT2D eigenvalue weighted by Crippen LogP contribution is -2.36. The maximum atomic E-state index is 12.0. The quantitative estimate of drug-likeness (QED) is 0.774. The summed E-state index contributed by atoms with van der Waals surface area (Å²) in [6.45, 7) is 5.25. The molecule has 1 saturated heterocycles. The van der Waals surface area contributed by atoms with Gasteiger partial charge in [-0.3, -0.25) is 0 Å². The number of anilines is 2. The first-order valence-corrected chi connectivity index (χ1v) is 8.33. The van der Waals surface area contributed by atoms with Gasteiger partial charge >= 0.3 is 6.03 Å². The molecule has 2 aromatic rings. The third-order valence-electron chi connectivity index (χ3n) is 4.16. The van der Waals surface area contributed by atoms with Crippen molar-refractivity contribution in [3.05, 3.63) is 47.9 Å². The number of hydrogen-bond acceptors (Lipinski definition) is 5. The summed E-state index contributed by atoms with van der Waals surface area (Å²) in [5.74, 6) is 0.423. The number of morpholine rings is 1. The van der Waals surface area contributed by atoms with Gasteiger partial charge in [0.05, 0.1) is 26.0 Å². The van der Waals surface area contributed by atoms with E-state index >= 15 is 0 Å². The number of carbonyl (C=O) groups is 1. The molecule has 0 spiro atoms. The first-order valence-electron chi connectivity index (χ1n) is 8.33. The standard InChI is InChI=1S/C18H23N3O4/c1-13-11-14(21-6-9-24-10-7-21)4-5-15(13)20-18(23)19-12-16(22)17-3-2-8-25-17/h2-5,8,11,16,22H,6-7,9-10,12H2,1H3,(H2,19,20,23). The van der Waals surface area contributed by atoms with E-state index < -0.39 is 6.10 Å². The smallest absolute Gasteiger partial charge is 0.319 e. The van der Waals surface area contributed by atoms with Crippen LogP contribution in [-0.2, 0) is 4.74 Å². The summed E-state index contributed by atoms with van der Waals surface area (Å²) >= 11 is 0. The van der Waals surface area contributed by atoms with Gasteiger partial charge in [0.2, 0.25) is 0 Å². The molecule has 1 fully saturated rings. The van der Waals surface area contributed by atoms with E-state index in [1.165, 1.54) is 6.26 Å². The number of aliphatic hydroxyl groups excluding tert-OH is 1. The summed E-state index contributed by atoms with van der Waals surface area (Å²) < 4.78 is 10.5. The van der Waals surface area contributed by atoms with Crippen LogP contribution in [-0.4, -0.2) is 44.0 Å². The molecule has 0 aliphatic carbocycles. The van der Waals surface area contributed by atoms with Crippen molar-refractivity contribution in [1.29, 1.82) is 0 Å². The van der Waals surface area contributed by atoms with Gasteiger partial charge in [-0.2, -0.15) is 0 Å². The second kappa shape index (κ2) is 8.04. The molecule has 134 valence electrons. The zero-order valence-electron chi connectivity index (χ0n) is 14.2. The molecule has 1 aliphatic heterocycles. The molecule has 2 heterocycles. The van der Waals surface area contributed by atoms with Gasteiger partial charge < -0.3 is 29.8 Å². The van der Waals surface area contributed by atoms with E-state index in [9.17, 15) is 9.90 Å². The van der Waals surface area contributed by atoms with Gasteiger partial charge in [-0.05, 0) is 42.8 Å². The molecule has 7 heteroatoms. The van der Waals surface area contributed by atoms with Crippen LogP contribution in [0.4, 0.5) is 16.2 Å². The fraction of sp³-hybridized carbons (Fsp3) is 0.389. The second-order valence-electron chi connectivity index (χ2n) is 5.96. The van der Waals surface area contributed by atoms with Crippen LogP contribution in [0, 0.1) is 6.92 Å². The molecule has 1 atom stereocenters. The van der Waals surface area contributed by atoms with Gasteiger partial charge in [0.25, 0.3) is 0 Å². The number of benzene rings is 1. The maximum absolute atomic E-state index is 12.0. The van der Waals surface area contributed by atoms with E-state index in [-0.39, 0.29) is 12.6 Å². The molecular weight excluding hydrogens is 322 g/mol. The Morgan fingerprint density at radius 2 is 2.12 bits per heavy atom. The van der Waals surface area contributed by atoms with Crippen LogP contribution < -0.4 is 15.5 Å². The molecule has 3 N–H and O–H groups in total. The van der Waals surface area contributed by atoms with Gasteiger partial charge in [0.15, 0.2) is 0 Å². The van der Waals surface area contributed by atoms with E-state index in [1.807, 2.05) is 19.1 Å². The fourth-order valence-electron chi connectivity index (χ4n) is 2.74. The number of amides is 2. The number of carbonyl (C=O) groups excluding carboxylic acids is 1. The topological polar surface area (TPSA) is 87.0 Å². The summed E-state index contributed by atoms with van der Waals surface area (Å²) in [6, 6.07) is 8.93. The number of nitrogens with zero attached hydrogens (tertiary/aromatic N) is 1. The lowest BCUT2D eigenvalue weighted by molar-refractivity contribution is 0.122. The second-order valence-corrected chi connectivity index (χ2v) is 5.96. The number of ether oxygens (including phenoxy) is 1. The van der Waals surface area contributed by atoms with Crippen LogP contribution in [0.15, 0.2) is 41.0 Å². The minimum Gasteiger partial charge on any atom is -0.467 e. The predicted molar refractivity (Wildman–Crippen MR) is 94.9 cm³/mol. The third kappa shape index (κ3) is 4.52. The summed E-state index contributed by atoms with van der Waals surface area (Å²) in [6.07, 6.45) is 0.614. The Labute approximate surface area is 146 Å². The summed E-state index contributed by atoms with van der Waals surface area (Å²) in [4.78, 5) is 14.3. The van der Waals surface area contributed by atoms with Crippen molar-refractivity contribution < 1.29 is 19.1 Å². The molecule has 1 aliphatic rings. The third-order valence-corrected chi connectivity index (χ3v) is 4.16. The molecule has 3 rings (SSSR count). The summed E-state index contributed by atoms with van der Waals surface area (Å²) in [7, 11) is 0. The molecule has 0 bridgehead atoms. The highest BCUT2D eigenvalue weighted by molar-refractivity contribution is 5.90. The van der Waals surface area contributed by atoms with Crippen LogP contribution in [0.3, 0.4) is 0 Å². The Bertz CT molecular complexity index is 696. The minimum atomic E-state index is -0.870. The molecule has 0 saturated carbocycles. The maximum Gasteiger partial charge on any atom is 0.319 e. The average Bonchev–Trinajstić information content (AvgIpc) is 3.17. The van der Waals surface area contributed by atoms with Crippen molar-refractivity contribution in [1.82, 2.24) is 5.32 Å². The van der Waals surface area contributed by atoms with E-state index in [0.717, 1.165) is 43.2 Å². The number of urea groups is 1. The highest BCUT2D eigenvalue weighted by atomic mass is 16.5. The van der Waals surface area contributed by atoms with E-state index in [1.54, 1.807) is 12.1 Å². The van der Waals surface area contributed by atoms with E-state index in [0.29, 0.717) is 5.76 Å². The molecule has 1 aromatic heterocycles. The lowest BCUT2D eigenvalue weighted by atomic mass is 10.1. The molecule has 2 amide bonds. The van der Waals surface area contributed by atoms with Gasteiger partial charge in [-0.15, -0.1) is 0 Å². The molecule has 1 unspecified atom stereocenters. The van der Waals surface area contributed by atoms with E-state index in [2.05, 4.69) is 21.6 Å². The zero-order valence-corrected chi connectivity index (χ0v) is 14.2. The molecule has 7 nitrogen and oxygen atoms in total. The SMILES string of the molecule is Cc1cc(N2CCOCC2)ccc1NC(=O)NCC(O)c1ccco1. The van der Waals surface area contributed by atoms with Crippen LogP contribution in [0.25, 0.3) is 0 Å². The Kier molecular flexibility index (Phi) is 5.57. The normalized spacial score (nSPS) is 15.7. The van der Waals surface area contributed by atoms with Crippen molar-refractivity contribution in [2.45, 2.75) is 13.0 Å². The highest BCUT2D eigenvalue weighted by Gasteiger charge is 2.14. The first-order chi connectivity index (χ1) is 12.1. The summed E-state index contributed by atoms with van der Waals surface area (Å²) in [5.41, 5.74) is 2.84. The van der Waals surface area contributed by atoms with Crippen LogP contribution in [0.1, 0.15) is 17.4 Å². The van der Waals surface area contributed by atoms with Gasteiger partial charge in [-0.25, -0.2) is 4.79 Å². The fourth-order valence-corrected chi connectivity index (χ4v) is 2.74. The zero-order chi connectivity index (χ0) is 17.6. The monoisotopic (exact) mass is 345 g/mol.